The number of halogens is 2. The van der Waals surface area contributed by atoms with E-state index in [2.05, 4.69) is 5.10 Å². The van der Waals surface area contributed by atoms with Crippen molar-refractivity contribution in [3.8, 4) is 0 Å². The second-order valence-corrected chi connectivity index (χ2v) is 4.22. The van der Waals surface area contributed by atoms with Crippen molar-refractivity contribution in [2.24, 2.45) is 7.05 Å². The Balaban J connectivity index is 2.68. The lowest BCUT2D eigenvalue weighted by Gasteiger charge is -1.99. The normalized spacial score (nSPS) is 10.7. The fourth-order valence-corrected chi connectivity index (χ4v) is 1.80. The molecule has 0 unspecified atom stereocenters. The molecule has 84 valence electrons. The van der Waals surface area contributed by atoms with Crippen molar-refractivity contribution >= 4 is 29.0 Å². The molecule has 0 saturated heterocycles. The number of alkyl halides is 1. The van der Waals surface area contributed by atoms with Crippen LogP contribution in [0.3, 0.4) is 0 Å². The minimum Gasteiger partial charge on any atom is -0.299 e. The topological polar surface area (TPSA) is 34.9 Å². The summed E-state index contributed by atoms with van der Waals surface area (Å²) >= 11 is 11.5. The summed E-state index contributed by atoms with van der Waals surface area (Å²) in [6.45, 7) is 1.86. The van der Waals surface area contributed by atoms with E-state index >= 15 is 0 Å². The van der Waals surface area contributed by atoms with Gasteiger partial charge in [0.25, 0.3) is 0 Å². The molecule has 1 rings (SSSR count). The minimum atomic E-state index is 0.161. The number of carbonyl (C=O) groups is 1. The number of hydrogen-bond donors (Lipinski definition) is 0. The Morgan fingerprint density at radius 2 is 2.20 bits per heavy atom. The molecule has 0 radical (unpaired) electrons. The van der Waals surface area contributed by atoms with Crippen LogP contribution in [0, 0.1) is 6.92 Å². The van der Waals surface area contributed by atoms with Crippen molar-refractivity contribution in [3.63, 3.8) is 0 Å². The average Bonchev–Trinajstić information content (AvgIpc) is 2.42. The third-order valence-corrected chi connectivity index (χ3v) is 2.97. The molecule has 0 atom stereocenters. The van der Waals surface area contributed by atoms with Crippen LogP contribution < -0.4 is 0 Å². The zero-order valence-electron chi connectivity index (χ0n) is 8.89. The van der Waals surface area contributed by atoms with Gasteiger partial charge in [0.15, 0.2) is 0 Å². The van der Waals surface area contributed by atoms with Crippen LogP contribution in [0.4, 0.5) is 0 Å². The Labute approximate surface area is 99.4 Å². The van der Waals surface area contributed by atoms with E-state index in [0.717, 1.165) is 17.7 Å². The summed E-state index contributed by atoms with van der Waals surface area (Å²) in [5.74, 6) is 0.680. The van der Waals surface area contributed by atoms with E-state index in [4.69, 9.17) is 23.2 Å². The molecule has 3 nitrogen and oxygen atoms in total. The molecule has 0 aliphatic carbocycles. The summed E-state index contributed by atoms with van der Waals surface area (Å²) in [5.41, 5.74) is 1.65. The lowest BCUT2D eigenvalue weighted by atomic mass is 10.1. The van der Waals surface area contributed by atoms with Gasteiger partial charge in [-0.05, 0) is 13.3 Å². The van der Waals surface area contributed by atoms with Crippen molar-refractivity contribution in [2.75, 3.05) is 5.88 Å². The largest absolute Gasteiger partial charge is 0.299 e. The van der Waals surface area contributed by atoms with Gasteiger partial charge in [0.05, 0.1) is 5.69 Å². The summed E-state index contributed by atoms with van der Waals surface area (Å²) in [6.07, 6.45) is 1.58. The lowest BCUT2D eigenvalue weighted by molar-refractivity contribution is -0.118. The van der Waals surface area contributed by atoms with Crippen molar-refractivity contribution in [1.29, 1.82) is 0 Å². The van der Waals surface area contributed by atoms with Gasteiger partial charge in [-0.2, -0.15) is 5.10 Å². The molecule has 0 fully saturated rings. The number of aromatic nitrogens is 2. The molecule has 1 heterocycles. The van der Waals surface area contributed by atoms with Gasteiger partial charge in [-0.25, -0.2) is 0 Å². The second-order valence-electron chi connectivity index (χ2n) is 3.49. The molecule has 0 aliphatic heterocycles. The number of hydrogen-bond acceptors (Lipinski definition) is 2. The molecule has 5 heteroatoms. The van der Waals surface area contributed by atoms with Crippen molar-refractivity contribution in [2.45, 2.75) is 26.2 Å². The van der Waals surface area contributed by atoms with Crippen LogP contribution >= 0.6 is 23.2 Å². The number of carbonyl (C=O) groups excluding carboxylic acids is 1. The Kier molecular flexibility index (Phi) is 4.61. The van der Waals surface area contributed by atoms with Crippen LogP contribution in [0.2, 0.25) is 5.15 Å². The first-order valence-corrected chi connectivity index (χ1v) is 5.73. The van der Waals surface area contributed by atoms with E-state index in [9.17, 15) is 4.79 Å². The molecule has 1 aromatic rings. The first-order chi connectivity index (χ1) is 7.06. The maximum atomic E-state index is 11.5. The van der Waals surface area contributed by atoms with Crippen LogP contribution in [0.15, 0.2) is 0 Å². The molecule has 0 N–H and O–H groups in total. The monoisotopic (exact) mass is 248 g/mol. The molecule has 0 bridgehead atoms. The number of aryl methyl sites for hydroxylation is 2. The molecule has 0 spiro atoms. The van der Waals surface area contributed by atoms with Crippen molar-refractivity contribution < 1.29 is 4.79 Å². The quantitative estimate of drug-likeness (QED) is 0.751. The van der Waals surface area contributed by atoms with Gasteiger partial charge in [-0.1, -0.05) is 11.6 Å². The zero-order valence-corrected chi connectivity index (χ0v) is 10.4. The highest BCUT2D eigenvalue weighted by atomic mass is 35.5. The van der Waals surface area contributed by atoms with Gasteiger partial charge < -0.3 is 0 Å². The standard InChI is InChI=1S/C10H14Cl2N2O/c1-7-9(10(12)14(2)13-7)6-8(15)4-3-5-11/h3-6H2,1-2H3. The SMILES string of the molecule is Cc1nn(C)c(Cl)c1CC(=O)CCCCl. The first-order valence-electron chi connectivity index (χ1n) is 4.82. The van der Waals surface area contributed by atoms with E-state index in [1.165, 1.54) is 0 Å². The number of rotatable bonds is 5. The molecular formula is C10H14Cl2N2O. The van der Waals surface area contributed by atoms with Gasteiger partial charge in [-0.3, -0.25) is 9.48 Å². The Bertz CT molecular complexity index is 361. The van der Waals surface area contributed by atoms with Crippen molar-refractivity contribution in [3.05, 3.63) is 16.4 Å². The van der Waals surface area contributed by atoms with Gasteiger partial charge in [0.2, 0.25) is 0 Å². The van der Waals surface area contributed by atoms with Crippen molar-refractivity contribution in [1.82, 2.24) is 9.78 Å². The van der Waals surface area contributed by atoms with Gasteiger partial charge >= 0.3 is 0 Å². The summed E-state index contributed by atoms with van der Waals surface area (Å²) in [7, 11) is 1.77. The van der Waals surface area contributed by atoms with Crippen LogP contribution in [-0.4, -0.2) is 21.4 Å². The molecule has 0 saturated carbocycles. The van der Waals surface area contributed by atoms with Crippen LogP contribution in [0.25, 0.3) is 0 Å². The van der Waals surface area contributed by atoms with E-state index in [-0.39, 0.29) is 5.78 Å². The summed E-state index contributed by atoms with van der Waals surface area (Å²) in [5, 5.41) is 4.70. The highest BCUT2D eigenvalue weighted by Crippen LogP contribution is 2.19. The predicted octanol–water partition coefficient (Wildman–Crippen LogP) is 2.51. The number of ketones is 1. The Morgan fingerprint density at radius 1 is 1.53 bits per heavy atom. The van der Waals surface area contributed by atoms with Gasteiger partial charge in [0, 0.05) is 31.3 Å². The molecule has 1 aromatic heterocycles. The molecular weight excluding hydrogens is 235 g/mol. The Hall–Kier alpha value is -0.540. The minimum absolute atomic E-state index is 0.161. The smallest absolute Gasteiger partial charge is 0.137 e. The fraction of sp³-hybridized carbons (Fsp3) is 0.600. The van der Waals surface area contributed by atoms with E-state index < -0.39 is 0 Å². The first kappa shape index (κ1) is 12.5. The third-order valence-electron chi connectivity index (χ3n) is 2.23. The highest BCUT2D eigenvalue weighted by molar-refractivity contribution is 6.30. The number of Topliss-reactive ketones (excluding diaryl/α,β-unsaturated/α-hetero) is 1. The summed E-state index contributed by atoms with van der Waals surface area (Å²) in [4.78, 5) is 11.5. The summed E-state index contributed by atoms with van der Waals surface area (Å²) < 4.78 is 1.58. The van der Waals surface area contributed by atoms with Crippen LogP contribution in [-0.2, 0) is 18.3 Å². The molecule has 0 amide bonds. The van der Waals surface area contributed by atoms with E-state index in [0.29, 0.717) is 23.9 Å². The fourth-order valence-electron chi connectivity index (χ4n) is 1.42. The zero-order chi connectivity index (χ0) is 11.4. The molecule has 0 aliphatic rings. The van der Waals surface area contributed by atoms with E-state index in [1.54, 1.807) is 11.7 Å². The van der Waals surface area contributed by atoms with E-state index in [1.807, 2.05) is 6.92 Å². The van der Waals surface area contributed by atoms with Crippen LogP contribution in [0.1, 0.15) is 24.1 Å². The molecule has 0 aromatic carbocycles. The molecule has 15 heavy (non-hydrogen) atoms. The maximum Gasteiger partial charge on any atom is 0.137 e. The van der Waals surface area contributed by atoms with Gasteiger partial charge in [-0.15, -0.1) is 11.6 Å². The van der Waals surface area contributed by atoms with Gasteiger partial charge in [0.1, 0.15) is 10.9 Å². The lowest BCUT2D eigenvalue weighted by Crippen LogP contribution is -2.03. The Morgan fingerprint density at radius 3 is 2.67 bits per heavy atom. The predicted molar refractivity (Wildman–Crippen MR) is 61.6 cm³/mol. The number of nitrogens with zero attached hydrogens (tertiary/aromatic N) is 2. The summed E-state index contributed by atoms with van der Waals surface area (Å²) in [6, 6.07) is 0. The maximum absolute atomic E-state index is 11.5. The highest BCUT2D eigenvalue weighted by Gasteiger charge is 2.14. The second kappa shape index (κ2) is 5.52. The average molecular weight is 249 g/mol. The van der Waals surface area contributed by atoms with Crippen LogP contribution in [0.5, 0.6) is 0 Å². The third kappa shape index (κ3) is 3.21.